The van der Waals surface area contributed by atoms with Gasteiger partial charge in [0, 0.05) is 18.7 Å². The maximum absolute atomic E-state index is 9.12. The van der Waals surface area contributed by atoms with Gasteiger partial charge in [0.1, 0.15) is 10.7 Å². The quantitative estimate of drug-likeness (QED) is 0.594. The second kappa shape index (κ2) is 8.32. The SMILES string of the molecule is NC(=S)c1ccc(OCCCN2CCC(CO)CC2)cc1. The van der Waals surface area contributed by atoms with E-state index < -0.39 is 0 Å². The highest BCUT2D eigenvalue weighted by molar-refractivity contribution is 7.80. The number of ether oxygens (including phenoxy) is 1. The zero-order valence-electron chi connectivity index (χ0n) is 12.3. The first-order valence-electron chi connectivity index (χ1n) is 7.55. The molecule has 116 valence electrons. The summed E-state index contributed by atoms with van der Waals surface area (Å²) in [5.41, 5.74) is 6.42. The molecule has 1 fully saturated rings. The van der Waals surface area contributed by atoms with Gasteiger partial charge in [0.25, 0.3) is 0 Å². The molecule has 2 rings (SSSR count). The fourth-order valence-electron chi connectivity index (χ4n) is 2.59. The van der Waals surface area contributed by atoms with Crippen LogP contribution >= 0.6 is 12.2 Å². The second-order valence-electron chi connectivity index (χ2n) is 5.56. The van der Waals surface area contributed by atoms with Crippen LogP contribution in [0.3, 0.4) is 0 Å². The Morgan fingerprint density at radius 3 is 2.52 bits per heavy atom. The van der Waals surface area contributed by atoms with Crippen molar-refractivity contribution in [1.29, 1.82) is 0 Å². The van der Waals surface area contributed by atoms with E-state index in [2.05, 4.69) is 4.90 Å². The molecular weight excluding hydrogens is 284 g/mol. The maximum atomic E-state index is 9.12. The van der Waals surface area contributed by atoms with Crippen molar-refractivity contribution in [1.82, 2.24) is 4.90 Å². The molecule has 1 aromatic rings. The predicted molar refractivity (Wildman–Crippen MR) is 88.7 cm³/mol. The first-order chi connectivity index (χ1) is 10.2. The third-order valence-corrected chi connectivity index (χ3v) is 4.23. The van der Waals surface area contributed by atoms with Gasteiger partial charge in [-0.1, -0.05) is 12.2 Å². The topological polar surface area (TPSA) is 58.7 Å². The molecule has 0 unspecified atom stereocenters. The van der Waals surface area contributed by atoms with Crippen LogP contribution in [0.25, 0.3) is 0 Å². The molecule has 0 spiro atoms. The van der Waals surface area contributed by atoms with Crippen LogP contribution in [0.1, 0.15) is 24.8 Å². The minimum absolute atomic E-state index is 0.333. The lowest BCUT2D eigenvalue weighted by molar-refractivity contribution is 0.126. The van der Waals surface area contributed by atoms with Crippen molar-refractivity contribution in [2.75, 3.05) is 32.8 Å². The van der Waals surface area contributed by atoms with E-state index in [1.54, 1.807) is 0 Å². The molecule has 4 nitrogen and oxygen atoms in total. The van der Waals surface area contributed by atoms with Crippen LogP contribution in [-0.4, -0.2) is 47.8 Å². The molecule has 5 heteroatoms. The molecule has 0 aromatic heterocycles. The number of nitrogens with two attached hydrogens (primary N) is 1. The minimum Gasteiger partial charge on any atom is -0.494 e. The number of aliphatic hydroxyl groups is 1. The molecule has 0 bridgehead atoms. The number of benzene rings is 1. The van der Waals surface area contributed by atoms with Gasteiger partial charge in [0.05, 0.1) is 6.61 Å². The summed E-state index contributed by atoms with van der Waals surface area (Å²) in [6, 6.07) is 7.58. The summed E-state index contributed by atoms with van der Waals surface area (Å²) in [5, 5.41) is 9.12. The van der Waals surface area contributed by atoms with Crippen LogP contribution in [-0.2, 0) is 0 Å². The van der Waals surface area contributed by atoms with E-state index >= 15 is 0 Å². The Bertz CT molecular complexity index is 442. The van der Waals surface area contributed by atoms with Gasteiger partial charge < -0.3 is 20.5 Å². The summed E-state index contributed by atoms with van der Waals surface area (Å²) in [5.74, 6) is 1.36. The van der Waals surface area contributed by atoms with Gasteiger partial charge in [-0.2, -0.15) is 0 Å². The Hall–Kier alpha value is -1.17. The number of hydrogen-bond donors (Lipinski definition) is 2. The average Bonchev–Trinajstić information content (AvgIpc) is 2.52. The normalized spacial score (nSPS) is 16.8. The van der Waals surface area contributed by atoms with Crippen molar-refractivity contribution in [3.05, 3.63) is 29.8 Å². The number of aliphatic hydroxyl groups excluding tert-OH is 1. The summed E-state index contributed by atoms with van der Waals surface area (Å²) < 4.78 is 5.72. The second-order valence-corrected chi connectivity index (χ2v) is 6.00. The summed E-state index contributed by atoms with van der Waals surface area (Å²) in [6.07, 6.45) is 3.23. The largest absolute Gasteiger partial charge is 0.494 e. The van der Waals surface area contributed by atoms with Crippen LogP contribution in [0, 0.1) is 5.92 Å². The van der Waals surface area contributed by atoms with E-state index in [-0.39, 0.29) is 0 Å². The molecule has 1 aliphatic heterocycles. The summed E-state index contributed by atoms with van der Waals surface area (Å²) >= 11 is 4.92. The summed E-state index contributed by atoms with van der Waals surface area (Å²) in [4.78, 5) is 2.86. The molecule has 1 heterocycles. The van der Waals surface area contributed by atoms with E-state index in [4.69, 9.17) is 27.8 Å². The summed E-state index contributed by atoms with van der Waals surface area (Å²) in [6.45, 7) is 4.29. The standard InChI is InChI=1S/C16H24N2O2S/c17-16(21)14-2-4-15(5-3-14)20-11-1-8-18-9-6-13(12-19)7-10-18/h2-5,13,19H,1,6-12H2,(H2,17,21). The van der Waals surface area contributed by atoms with E-state index in [9.17, 15) is 0 Å². The van der Waals surface area contributed by atoms with Gasteiger partial charge in [-0.25, -0.2) is 0 Å². The molecule has 1 saturated heterocycles. The van der Waals surface area contributed by atoms with E-state index in [1.807, 2.05) is 24.3 Å². The third-order valence-electron chi connectivity index (χ3n) is 3.99. The molecule has 1 aromatic carbocycles. The lowest BCUT2D eigenvalue weighted by atomic mass is 9.98. The van der Waals surface area contributed by atoms with Crippen LogP contribution in [0.5, 0.6) is 5.75 Å². The van der Waals surface area contributed by atoms with Crippen molar-refractivity contribution in [2.45, 2.75) is 19.3 Å². The molecule has 0 amide bonds. The molecule has 1 aliphatic rings. The lowest BCUT2D eigenvalue weighted by Gasteiger charge is -2.30. The Morgan fingerprint density at radius 1 is 1.29 bits per heavy atom. The van der Waals surface area contributed by atoms with Crippen molar-refractivity contribution in [3.8, 4) is 5.75 Å². The van der Waals surface area contributed by atoms with Crippen LogP contribution < -0.4 is 10.5 Å². The smallest absolute Gasteiger partial charge is 0.119 e. The highest BCUT2D eigenvalue weighted by Crippen LogP contribution is 2.16. The van der Waals surface area contributed by atoms with Crippen molar-refractivity contribution >= 4 is 17.2 Å². The van der Waals surface area contributed by atoms with Gasteiger partial charge in [-0.05, 0) is 62.5 Å². The molecule has 0 saturated carbocycles. The highest BCUT2D eigenvalue weighted by Gasteiger charge is 2.17. The van der Waals surface area contributed by atoms with Crippen molar-refractivity contribution in [2.24, 2.45) is 11.7 Å². The summed E-state index contributed by atoms with van der Waals surface area (Å²) in [7, 11) is 0. The zero-order chi connectivity index (χ0) is 15.1. The predicted octanol–water partition coefficient (Wildman–Crippen LogP) is 1.79. The number of hydrogen-bond acceptors (Lipinski definition) is 4. The molecular formula is C16H24N2O2S. The third kappa shape index (κ3) is 5.26. The number of likely N-dealkylation sites (tertiary alicyclic amines) is 1. The van der Waals surface area contributed by atoms with E-state index in [0.717, 1.165) is 50.2 Å². The first-order valence-corrected chi connectivity index (χ1v) is 7.95. The molecule has 3 N–H and O–H groups in total. The van der Waals surface area contributed by atoms with Crippen LogP contribution in [0.2, 0.25) is 0 Å². The van der Waals surface area contributed by atoms with E-state index in [1.165, 1.54) is 0 Å². The maximum Gasteiger partial charge on any atom is 0.119 e. The van der Waals surface area contributed by atoms with Gasteiger partial charge in [-0.15, -0.1) is 0 Å². The highest BCUT2D eigenvalue weighted by atomic mass is 32.1. The Kier molecular flexibility index (Phi) is 6.42. The monoisotopic (exact) mass is 308 g/mol. The average molecular weight is 308 g/mol. The number of nitrogens with zero attached hydrogens (tertiary/aromatic N) is 1. The Balaban J connectivity index is 1.62. The Morgan fingerprint density at radius 2 is 1.95 bits per heavy atom. The number of piperidine rings is 1. The van der Waals surface area contributed by atoms with Gasteiger partial charge in [-0.3, -0.25) is 0 Å². The first kappa shape index (κ1) is 16.2. The molecule has 0 aliphatic carbocycles. The minimum atomic E-state index is 0.333. The van der Waals surface area contributed by atoms with E-state index in [0.29, 0.717) is 24.1 Å². The molecule has 0 atom stereocenters. The molecule has 0 radical (unpaired) electrons. The van der Waals surface area contributed by atoms with Crippen molar-refractivity contribution < 1.29 is 9.84 Å². The zero-order valence-corrected chi connectivity index (χ0v) is 13.1. The van der Waals surface area contributed by atoms with Crippen molar-refractivity contribution in [3.63, 3.8) is 0 Å². The number of thiocarbonyl (C=S) groups is 1. The Labute approximate surface area is 131 Å². The molecule has 21 heavy (non-hydrogen) atoms. The van der Waals surface area contributed by atoms with Gasteiger partial charge in [0.15, 0.2) is 0 Å². The van der Waals surface area contributed by atoms with Gasteiger partial charge in [0.2, 0.25) is 0 Å². The van der Waals surface area contributed by atoms with Gasteiger partial charge >= 0.3 is 0 Å². The fourth-order valence-corrected chi connectivity index (χ4v) is 2.72. The van der Waals surface area contributed by atoms with Crippen LogP contribution in [0.4, 0.5) is 0 Å². The van der Waals surface area contributed by atoms with Crippen LogP contribution in [0.15, 0.2) is 24.3 Å². The fraction of sp³-hybridized carbons (Fsp3) is 0.562. The lowest BCUT2D eigenvalue weighted by Crippen LogP contribution is -2.35. The number of rotatable bonds is 7.